The maximum absolute atomic E-state index is 14.5. The number of hydrogen-bond donors (Lipinski definition) is 2. The van der Waals surface area contributed by atoms with Gasteiger partial charge in [-0.05, 0) is 105 Å². The Morgan fingerprint density at radius 1 is 1.02 bits per heavy atom. The molecule has 0 aromatic heterocycles. The summed E-state index contributed by atoms with van der Waals surface area (Å²) in [5, 5.41) is 24.4. The summed E-state index contributed by atoms with van der Waals surface area (Å²) in [4.78, 5) is 43.9. The fraction of sp³-hybridized carbons (Fsp3) is 0.588. The normalized spacial score (nSPS) is 31.2. The minimum absolute atomic E-state index is 0.00308. The van der Waals surface area contributed by atoms with Gasteiger partial charge in [0.1, 0.15) is 5.41 Å². The second kappa shape index (κ2) is 11.7. The molecule has 2 aromatic carbocycles. The van der Waals surface area contributed by atoms with E-state index in [1.807, 2.05) is 43.3 Å². The summed E-state index contributed by atoms with van der Waals surface area (Å²) in [5.74, 6) is 1.91. The summed E-state index contributed by atoms with van der Waals surface area (Å²) in [7, 11) is 3.98. The van der Waals surface area contributed by atoms with Gasteiger partial charge in [0, 0.05) is 31.6 Å². The third-order valence-corrected chi connectivity index (χ3v) is 10.7. The number of rotatable bonds is 11. The number of non-ortho nitro benzene ring substituents is 1. The van der Waals surface area contributed by atoms with E-state index in [9.17, 15) is 24.8 Å². The van der Waals surface area contributed by atoms with E-state index in [-0.39, 0.29) is 35.9 Å². The number of aliphatic hydroxyl groups excluding tert-OH is 1. The van der Waals surface area contributed by atoms with E-state index in [0.717, 1.165) is 61.1 Å². The van der Waals surface area contributed by atoms with Gasteiger partial charge in [0.25, 0.3) is 5.69 Å². The zero-order chi connectivity index (χ0) is 30.4. The zero-order valence-corrected chi connectivity index (χ0v) is 25.3. The van der Waals surface area contributed by atoms with Crippen molar-refractivity contribution >= 4 is 17.5 Å². The van der Waals surface area contributed by atoms with Gasteiger partial charge in [-0.15, -0.1) is 0 Å². The van der Waals surface area contributed by atoms with E-state index >= 15 is 0 Å². The van der Waals surface area contributed by atoms with Gasteiger partial charge in [-0.3, -0.25) is 19.7 Å². The topological polar surface area (TPSA) is 116 Å². The molecule has 4 saturated carbocycles. The summed E-state index contributed by atoms with van der Waals surface area (Å²) in [5.41, 5.74) is 0.975. The average Bonchev–Trinajstić information content (AvgIpc) is 3.26. The molecule has 1 heterocycles. The minimum atomic E-state index is -1.26. The Hall–Kier alpha value is -3.30. The van der Waals surface area contributed by atoms with Crippen LogP contribution in [0.15, 0.2) is 48.5 Å². The van der Waals surface area contributed by atoms with Crippen molar-refractivity contribution in [3.8, 4) is 0 Å². The molecule has 5 fully saturated rings. The van der Waals surface area contributed by atoms with Crippen molar-refractivity contribution in [3.63, 3.8) is 0 Å². The highest BCUT2D eigenvalue weighted by atomic mass is 16.6. The van der Waals surface area contributed by atoms with Crippen LogP contribution in [0.3, 0.4) is 0 Å². The van der Waals surface area contributed by atoms with Crippen LogP contribution in [-0.2, 0) is 21.6 Å². The molecule has 1 saturated heterocycles. The number of carbonyl (C=O) groups excluding carboxylic acids is 2. The highest BCUT2D eigenvalue weighted by Crippen LogP contribution is 2.62. The molecule has 2 amide bonds. The molecule has 2 N–H and O–H groups in total. The second-order valence-corrected chi connectivity index (χ2v) is 14.1. The number of nitrogens with zero attached hydrogens (tertiary/aromatic N) is 3. The van der Waals surface area contributed by atoms with Crippen molar-refractivity contribution in [1.29, 1.82) is 0 Å². The lowest BCUT2D eigenvalue weighted by molar-refractivity contribution is -0.384. The van der Waals surface area contributed by atoms with Crippen molar-refractivity contribution in [2.24, 2.45) is 23.2 Å². The predicted molar refractivity (Wildman–Crippen MR) is 163 cm³/mol. The first kappa shape index (κ1) is 29.8. The quantitative estimate of drug-likeness (QED) is 0.226. The lowest BCUT2D eigenvalue weighted by atomic mass is 9.49. The van der Waals surface area contributed by atoms with Gasteiger partial charge < -0.3 is 20.2 Å². The van der Waals surface area contributed by atoms with Crippen LogP contribution in [0, 0.1) is 33.3 Å². The molecular formula is C34H44N4O5. The Bertz CT molecular complexity index is 1320. The Labute approximate surface area is 253 Å². The van der Waals surface area contributed by atoms with E-state index in [0.29, 0.717) is 18.7 Å². The molecule has 0 unspecified atom stereocenters. The molecule has 7 rings (SSSR count). The Kier molecular flexibility index (Phi) is 8.07. The van der Waals surface area contributed by atoms with Gasteiger partial charge in [-0.25, -0.2) is 0 Å². The number of hydrogen-bond acceptors (Lipinski definition) is 6. The van der Waals surface area contributed by atoms with Crippen LogP contribution >= 0.6 is 0 Å². The highest BCUT2D eigenvalue weighted by Gasteiger charge is 2.60. The number of nitro groups is 1. The largest absolute Gasteiger partial charge is 0.392 e. The van der Waals surface area contributed by atoms with E-state index in [4.69, 9.17) is 0 Å². The first-order valence-electron chi connectivity index (χ1n) is 15.8. The molecule has 9 heteroatoms. The monoisotopic (exact) mass is 588 g/mol. The van der Waals surface area contributed by atoms with Gasteiger partial charge in [0.05, 0.1) is 17.6 Å². The van der Waals surface area contributed by atoms with Crippen LogP contribution in [0.4, 0.5) is 5.69 Å². The number of benzene rings is 2. The number of carbonyl (C=O) groups is 2. The lowest BCUT2D eigenvalue weighted by Gasteiger charge is -2.58. The molecule has 2 atom stereocenters. The maximum Gasteiger partial charge on any atom is 0.269 e. The van der Waals surface area contributed by atoms with Gasteiger partial charge in [-0.1, -0.05) is 36.4 Å². The van der Waals surface area contributed by atoms with Crippen molar-refractivity contribution in [3.05, 3.63) is 75.3 Å². The van der Waals surface area contributed by atoms with Crippen molar-refractivity contribution < 1.29 is 19.6 Å². The molecule has 2 aromatic rings. The number of nitrogens with one attached hydrogen (secondary N) is 1. The molecule has 9 nitrogen and oxygen atoms in total. The van der Waals surface area contributed by atoms with Crippen molar-refractivity contribution in [2.75, 3.05) is 33.7 Å². The molecule has 230 valence electrons. The van der Waals surface area contributed by atoms with Crippen LogP contribution in [-0.4, -0.2) is 65.4 Å². The molecule has 4 bridgehead atoms. The van der Waals surface area contributed by atoms with Crippen molar-refractivity contribution in [1.82, 2.24) is 15.1 Å². The highest BCUT2D eigenvalue weighted by molar-refractivity contribution is 5.98. The summed E-state index contributed by atoms with van der Waals surface area (Å²) in [6.07, 6.45) is 8.10. The fourth-order valence-electron chi connectivity index (χ4n) is 9.37. The van der Waals surface area contributed by atoms with E-state index in [1.54, 1.807) is 12.1 Å². The smallest absolute Gasteiger partial charge is 0.269 e. The van der Waals surface area contributed by atoms with Crippen molar-refractivity contribution in [2.45, 2.75) is 69.4 Å². The first-order valence-corrected chi connectivity index (χ1v) is 15.8. The summed E-state index contributed by atoms with van der Waals surface area (Å²) < 4.78 is 0. The number of likely N-dealkylation sites (tertiary alicyclic amines) is 1. The van der Waals surface area contributed by atoms with Gasteiger partial charge >= 0.3 is 0 Å². The van der Waals surface area contributed by atoms with Crippen LogP contribution in [0.5, 0.6) is 0 Å². The van der Waals surface area contributed by atoms with Gasteiger partial charge in [0.15, 0.2) is 0 Å². The number of aliphatic hydroxyl groups is 1. The Morgan fingerprint density at radius 3 is 2.16 bits per heavy atom. The SMILES string of the molecule is CN(C)CCCNC(=O)[C@@]1(c2ccc([N+](=O)[O-])cc2)CC(=O)N(CC23CC4CC(CC(C4)C2)C3)[C@@H]1c1ccc(CO)cc1. The lowest BCUT2D eigenvalue weighted by Crippen LogP contribution is -2.53. The predicted octanol–water partition coefficient (Wildman–Crippen LogP) is 4.58. The molecule has 5 aliphatic rings. The number of nitro benzene ring substituents is 1. The van der Waals surface area contributed by atoms with E-state index in [1.165, 1.54) is 31.4 Å². The summed E-state index contributed by atoms with van der Waals surface area (Å²) in [6, 6.07) is 13.2. The standard InChI is InChI=1S/C34H44N4O5/c1-36(2)13-3-12-35-32(41)34(28-8-10-29(11-9-28)38(42)43)20-30(40)37(31(34)27-6-4-23(21-39)5-7-27)22-33-17-24-14-25(18-33)16-26(15-24)19-33/h4-11,24-26,31,39H,3,12-22H2,1-2H3,(H,35,41)/t24?,25?,26?,31-,33?,34-/m1/s1. The minimum Gasteiger partial charge on any atom is -0.392 e. The van der Waals surface area contributed by atoms with Crippen LogP contribution in [0.1, 0.15) is 74.1 Å². The summed E-state index contributed by atoms with van der Waals surface area (Å²) in [6.45, 7) is 1.81. The molecule has 43 heavy (non-hydrogen) atoms. The van der Waals surface area contributed by atoms with E-state index < -0.39 is 16.4 Å². The Morgan fingerprint density at radius 2 is 1.63 bits per heavy atom. The van der Waals surface area contributed by atoms with Crippen LogP contribution in [0.2, 0.25) is 0 Å². The second-order valence-electron chi connectivity index (χ2n) is 14.1. The molecule has 0 radical (unpaired) electrons. The molecular weight excluding hydrogens is 544 g/mol. The molecule has 4 aliphatic carbocycles. The molecule has 0 spiro atoms. The average molecular weight is 589 g/mol. The first-order chi connectivity index (χ1) is 20.6. The Balaban J connectivity index is 1.43. The summed E-state index contributed by atoms with van der Waals surface area (Å²) >= 11 is 0. The fourth-order valence-corrected chi connectivity index (χ4v) is 9.37. The van der Waals surface area contributed by atoms with Crippen LogP contribution in [0.25, 0.3) is 0 Å². The number of amides is 2. The maximum atomic E-state index is 14.5. The third kappa shape index (κ3) is 5.57. The van der Waals surface area contributed by atoms with E-state index in [2.05, 4.69) is 10.2 Å². The molecule has 1 aliphatic heterocycles. The van der Waals surface area contributed by atoms with Gasteiger partial charge in [0.2, 0.25) is 11.8 Å². The zero-order valence-electron chi connectivity index (χ0n) is 25.3. The third-order valence-electron chi connectivity index (χ3n) is 10.7. The van der Waals surface area contributed by atoms with Gasteiger partial charge in [-0.2, -0.15) is 0 Å². The van der Waals surface area contributed by atoms with Crippen LogP contribution < -0.4 is 5.32 Å².